The molecule has 1 aliphatic heterocycles. The molecule has 162 valence electrons. The third kappa shape index (κ3) is 4.12. The summed E-state index contributed by atoms with van der Waals surface area (Å²) in [5.74, 6) is 1.11. The summed E-state index contributed by atoms with van der Waals surface area (Å²) in [6, 6.07) is 11.0. The molecule has 1 fully saturated rings. The summed E-state index contributed by atoms with van der Waals surface area (Å²) in [5, 5.41) is 27.9. The van der Waals surface area contributed by atoms with Gasteiger partial charge >= 0.3 is 0 Å². The Morgan fingerprint density at radius 1 is 1.19 bits per heavy atom. The van der Waals surface area contributed by atoms with Crippen molar-refractivity contribution in [3.05, 3.63) is 47.1 Å². The van der Waals surface area contributed by atoms with Crippen LogP contribution < -0.4 is 15.5 Å². The number of anilines is 3. The third-order valence-electron chi connectivity index (χ3n) is 5.19. The highest BCUT2D eigenvalue weighted by Crippen LogP contribution is 2.33. The topological polar surface area (TPSA) is 139 Å². The SMILES string of the molecule is O=CNc1ccc(N2CCC(c3nnc(NC(=O)Cc4noc5ccccc45)s3)C2)nn1. The van der Waals surface area contributed by atoms with Gasteiger partial charge in [0.2, 0.25) is 17.4 Å². The molecule has 32 heavy (non-hydrogen) atoms. The summed E-state index contributed by atoms with van der Waals surface area (Å²) in [4.78, 5) is 25.1. The van der Waals surface area contributed by atoms with Crippen LogP contribution in [0.4, 0.5) is 16.8 Å². The number of carbonyl (C=O) groups is 2. The molecule has 4 heterocycles. The summed E-state index contributed by atoms with van der Waals surface area (Å²) < 4.78 is 5.25. The van der Waals surface area contributed by atoms with Crippen molar-refractivity contribution in [2.24, 2.45) is 0 Å². The quantitative estimate of drug-likeness (QED) is 0.406. The summed E-state index contributed by atoms with van der Waals surface area (Å²) >= 11 is 1.37. The maximum atomic E-state index is 12.5. The Hall–Kier alpha value is -3.93. The van der Waals surface area contributed by atoms with Crippen LogP contribution >= 0.6 is 11.3 Å². The van der Waals surface area contributed by atoms with Crippen molar-refractivity contribution in [1.82, 2.24) is 25.6 Å². The van der Waals surface area contributed by atoms with Crippen LogP contribution in [0.3, 0.4) is 0 Å². The normalized spacial score (nSPS) is 15.8. The van der Waals surface area contributed by atoms with Gasteiger partial charge < -0.3 is 20.1 Å². The van der Waals surface area contributed by atoms with Gasteiger partial charge in [0, 0.05) is 24.4 Å². The fourth-order valence-corrected chi connectivity index (χ4v) is 4.52. The highest BCUT2D eigenvalue weighted by molar-refractivity contribution is 7.15. The zero-order valence-electron chi connectivity index (χ0n) is 16.8. The van der Waals surface area contributed by atoms with E-state index in [1.54, 1.807) is 6.07 Å². The molecule has 11 nitrogen and oxygen atoms in total. The first-order chi connectivity index (χ1) is 15.7. The Balaban J connectivity index is 1.19. The second kappa shape index (κ2) is 8.67. The van der Waals surface area contributed by atoms with Crippen LogP contribution in [0.1, 0.15) is 23.0 Å². The fourth-order valence-electron chi connectivity index (χ4n) is 3.63. The zero-order valence-corrected chi connectivity index (χ0v) is 17.6. The number of hydrogen-bond acceptors (Lipinski definition) is 10. The van der Waals surface area contributed by atoms with E-state index in [1.165, 1.54) is 11.3 Å². The van der Waals surface area contributed by atoms with Crippen LogP contribution in [0, 0.1) is 0 Å². The van der Waals surface area contributed by atoms with Gasteiger partial charge in [-0.05, 0) is 30.7 Å². The molecule has 1 unspecified atom stereocenters. The lowest BCUT2D eigenvalue weighted by molar-refractivity contribution is -0.115. The van der Waals surface area contributed by atoms with Crippen molar-refractivity contribution in [1.29, 1.82) is 0 Å². The molecule has 0 aliphatic carbocycles. The molecule has 1 aliphatic rings. The first-order valence-corrected chi connectivity index (χ1v) is 10.8. The van der Waals surface area contributed by atoms with Crippen molar-refractivity contribution < 1.29 is 14.1 Å². The number of rotatable bonds is 7. The van der Waals surface area contributed by atoms with Crippen molar-refractivity contribution >= 4 is 51.4 Å². The Bertz CT molecular complexity index is 1260. The first kappa shape index (κ1) is 20.0. The summed E-state index contributed by atoms with van der Waals surface area (Å²) in [7, 11) is 0. The van der Waals surface area contributed by atoms with E-state index in [4.69, 9.17) is 4.52 Å². The molecule has 1 saturated heterocycles. The van der Waals surface area contributed by atoms with Crippen molar-refractivity contribution in [2.45, 2.75) is 18.8 Å². The Labute approximate surface area is 185 Å². The lowest BCUT2D eigenvalue weighted by Gasteiger charge is -2.16. The van der Waals surface area contributed by atoms with Crippen LogP contribution in [0.15, 0.2) is 40.9 Å². The minimum absolute atomic E-state index is 0.0940. The summed E-state index contributed by atoms with van der Waals surface area (Å²) in [6.45, 7) is 1.53. The van der Waals surface area contributed by atoms with E-state index in [2.05, 4.69) is 41.1 Å². The van der Waals surface area contributed by atoms with Crippen molar-refractivity contribution in [3.63, 3.8) is 0 Å². The first-order valence-electron chi connectivity index (χ1n) is 9.95. The average molecular weight is 450 g/mol. The number of para-hydroxylation sites is 1. The lowest BCUT2D eigenvalue weighted by Crippen LogP contribution is -2.20. The molecule has 4 aromatic rings. The van der Waals surface area contributed by atoms with Crippen molar-refractivity contribution in [3.8, 4) is 0 Å². The van der Waals surface area contributed by atoms with Crippen LogP contribution in [0.5, 0.6) is 0 Å². The number of fused-ring (bicyclic) bond motifs is 1. The molecule has 12 heteroatoms. The second-order valence-corrected chi connectivity index (χ2v) is 8.28. The summed E-state index contributed by atoms with van der Waals surface area (Å²) in [6.07, 6.45) is 1.55. The van der Waals surface area contributed by atoms with Crippen molar-refractivity contribution in [2.75, 3.05) is 28.6 Å². The average Bonchev–Trinajstić information content (AvgIpc) is 3.55. The molecule has 5 rings (SSSR count). The summed E-state index contributed by atoms with van der Waals surface area (Å²) in [5.41, 5.74) is 1.24. The molecule has 0 bridgehead atoms. The van der Waals surface area contributed by atoms with Gasteiger partial charge in [0.25, 0.3) is 0 Å². The van der Waals surface area contributed by atoms with E-state index in [0.717, 1.165) is 35.7 Å². The molecule has 1 aromatic carbocycles. The molecule has 0 radical (unpaired) electrons. The standard InChI is InChI=1S/C20H18N8O3S/c29-11-21-16-5-6-17(24-23-16)28-8-7-12(10-28)19-25-26-20(32-19)22-18(30)9-14-13-3-1-2-4-15(13)31-27-14/h1-6,11-12H,7-10H2,(H,21,23,29)(H,22,26,30). The predicted octanol–water partition coefficient (Wildman–Crippen LogP) is 2.21. The zero-order chi connectivity index (χ0) is 21.9. The number of benzene rings is 1. The molecule has 1 atom stereocenters. The van der Waals surface area contributed by atoms with E-state index in [0.29, 0.717) is 28.6 Å². The number of hydrogen-bond donors (Lipinski definition) is 2. The van der Waals surface area contributed by atoms with Gasteiger partial charge in [0.15, 0.2) is 17.2 Å². The molecule has 2 N–H and O–H groups in total. The number of nitrogens with one attached hydrogen (secondary N) is 2. The minimum Gasteiger partial charge on any atom is -0.356 e. The van der Waals surface area contributed by atoms with Gasteiger partial charge in [0.05, 0.1) is 6.42 Å². The highest BCUT2D eigenvalue weighted by Gasteiger charge is 2.28. The maximum Gasteiger partial charge on any atom is 0.232 e. The molecule has 3 aromatic heterocycles. The monoisotopic (exact) mass is 450 g/mol. The maximum absolute atomic E-state index is 12.5. The number of nitrogens with zero attached hydrogens (tertiary/aromatic N) is 6. The van der Waals surface area contributed by atoms with E-state index in [1.807, 2.05) is 30.3 Å². The van der Waals surface area contributed by atoms with Gasteiger partial charge in [-0.15, -0.1) is 20.4 Å². The molecular formula is C20H18N8O3S. The second-order valence-electron chi connectivity index (χ2n) is 7.27. The minimum atomic E-state index is -0.223. The number of amides is 2. The number of aromatic nitrogens is 5. The van der Waals surface area contributed by atoms with Crippen LogP contribution in [0.2, 0.25) is 0 Å². The largest absolute Gasteiger partial charge is 0.356 e. The Morgan fingerprint density at radius 3 is 2.94 bits per heavy atom. The van der Waals surface area contributed by atoms with E-state index < -0.39 is 0 Å². The van der Waals surface area contributed by atoms with Crippen LogP contribution in [-0.4, -0.2) is 51.0 Å². The van der Waals surface area contributed by atoms with Crippen LogP contribution in [-0.2, 0) is 16.0 Å². The van der Waals surface area contributed by atoms with E-state index in [9.17, 15) is 9.59 Å². The van der Waals surface area contributed by atoms with Gasteiger partial charge in [0.1, 0.15) is 10.7 Å². The van der Waals surface area contributed by atoms with E-state index in [-0.39, 0.29) is 18.2 Å². The highest BCUT2D eigenvalue weighted by atomic mass is 32.1. The van der Waals surface area contributed by atoms with Gasteiger partial charge in [-0.25, -0.2) is 0 Å². The molecule has 2 amide bonds. The smallest absolute Gasteiger partial charge is 0.232 e. The van der Waals surface area contributed by atoms with Gasteiger partial charge in [-0.1, -0.05) is 28.6 Å². The van der Waals surface area contributed by atoms with Gasteiger partial charge in [-0.3, -0.25) is 9.59 Å². The van der Waals surface area contributed by atoms with E-state index >= 15 is 0 Å². The predicted molar refractivity (Wildman–Crippen MR) is 118 cm³/mol. The van der Waals surface area contributed by atoms with Crippen LogP contribution in [0.25, 0.3) is 11.0 Å². The molecule has 0 spiro atoms. The third-order valence-corrected chi connectivity index (χ3v) is 6.19. The Morgan fingerprint density at radius 2 is 2.09 bits per heavy atom. The molecule has 0 saturated carbocycles. The number of carbonyl (C=O) groups excluding carboxylic acids is 2. The lowest BCUT2D eigenvalue weighted by atomic mass is 10.1. The fraction of sp³-hybridized carbons (Fsp3) is 0.250. The van der Waals surface area contributed by atoms with Gasteiger partial charge in [-0.2, -0.15) is 0 Å². The Kier molecular flexibility index (Phi) is 5.42. The molecular weight excluding hydrogens is 432 g/mol.